The number of pyridine rings is 1. The van der Waals surface area contributed by atoms with Crippen molar-refractivity contribution in [3.8, 4) is 5.75 Å². The molecule has 18 heavy (non-hydrogen) atoms. The summed E-state index contributed by atoms with van der Waals surface area (Å²) in [6, 6.07) is 1.93. The van der Waals surface area contributed by atoms with E-state index < -0.39 is 0 Å². The summed E-state index contributed by atoms with van der Waals surface area (Å²) < 4.78 is 5.57. The summed E-state index contributed by atoms with van der Waals surface area (Å²) in [6.45, 7) is 2.77. The Morgan fingerprint density at radius 1 is 1.39 bits per heavy atom. The highest BCUT2D eigenvalue weighted by Gasteiger charge is 2.15. The number of aromatic nitrogens is 4. The van der Waals surface area contributed by atoms with Crippen LogP contribution in [0.1, 0.15) is 30.6 Å². The maximum atomic E-state index is 5.57. The third-order valence-electron chi connectivity index (χ3n) is 2.56. The molecule has 0 aliphatic heterocycles. The van der Waals surface area contributed by atoms with E-state index in [4.69, 9.17) is 4.74 Å². The molecule has 0 spiro atoms. The fourth-order valence-corrected chi connectivity index (χ4v) is 1.73. The van der Waals surface area contributed by atoms with Gasteiger partial charge in [-0.3, -0.25) is 4.98 Å². The van der Waals surface area contributed by atoms with Gasteiger partial charge in [-0.05, 0) is 25.1 Å². The van der Waals surface area contributed by atoms with Gasteiger partial charge in [0, 0.05) is 6.20 Å². The van der Waals surface area contributed by atoms with E-state index in [0.29, 0.717) is 6.61 Å². The van der Waals surface area contributed by atoms with E-state index in [2.05, 4.69) is 32.6 Å². The molecule has 0 saturated heterocycles. The molecule has 6 heteroatoms. The van der Waals surface area contributed by atoms with E-state index >= 15 is 0 Å². The van der Waals surface area contributed by atoms with Crippen LogP contribution < -0.4 is 10.1 Å². The molecular formula is C12H17N5O. The SMILES string of the molecule is CCCOc1cncc(C(NC)c2cn[nH]n2)c1. The molecule has 0 aliphatic rings. The van der Waals surface area contributed by atoms with Crippen LogP contribution in [0.5, 0.6) is 5.75 Å². The summed E-state index contributed by atoms with van der Waals surface area (Å²) in [4.78, 5) is 4.19. The van der Waals surface area contributed by atoms with Crippen molar-refractivity contribution in [2.24, 2.45) is 0 Å². The van der Waals surface area contributed by atoms with E-state index in [9.17, 15) is 0 Å². The minimum absolute atomic E-state index is 0.0403. The van der Waals surface area contributed by atoms with Gasteiger partial charge in [0.05, 0.1) is 25.0 Å². The number of aromatic amines is 1. The van der Waals surface area contributed by atoms with Crippen LogP contribution in [-0.2, 0) is 0 Å². The second-order valence-electron chi connectivity index (χ2n) is 3.92. The summed E-state index contributed by atoms with van der Waals surface area (Å²) in [5, 5.41) is 13.7. The summed E-state index contributed by atoms with van der Waals surface area (Å²) in [5.74, 6) is 0.776. The quantitative estimate of drug-likeness (QED) is 0.804. The number of H-pyrrole nitrogens is 1. The lowest BCUT2D eigenvalue weighted by Gasteiger charge is -2.14. The molecule has 1 unspecified atom stereocenters. The van der Waals surface area contributed by atoms with Crippen LogP contribution in [0.4, 0.5) is 0 Å². The van der Waals surface area contributed by atoms with Crippen LogP contribution in [-0.4, -0.2) is 34.0 Å². The fraction of sp³-hybridized carbons (Fsp3) is 0.417. The van der Waals surface area contributed by atoms with Crippen molar-refractivity contribution in [3.63, 3.8) is 0 Å². The lowest BCUT2D eigenvalue weighted by Crippen LogP contribution is -2.18. The van der Waals surface area contributed by atoms with E-state index in [1.54, 1.807) is 18.6 Å². The maximum Gasteiger partial charge on any atom is 0.137 e. The molecule has 1 atom stereocenters. The average Bonchev–Trinajstić information content (AvgIpc) is 2.92. The second-order valence-corrected chi connectivity index (χ2v) is 3.92. The largest absolute Gasteiger partial charge is 0.492 e. The summed E-state index contributed by atoms with van der Waals surface area (Å²) >= 11 is 0. The Labute approximate surface area is 106 Å². The first-order valence-electron chi connectivity index (χ1n) is 5.95. The highest BCUT2D eigenvalue weighted by atomic mass is 16.5. The second kappa shape index (κ2) is 6.11. The van der Waals surface area contributed by atoms with Crippen molar-refractivity contribution in [2.75, 3.05) is 13.7 Å². The Hall–Kier alpha value is -1.95. The van der Waals surface area contributed by atoms with Crippen molar-refractivity contribution in [1.82, 2.24) is 25.7 Å². The van der Waals surface area contributed by atoms with Crippen molar-refractivity contribution in [1.29, 1.82) is 0 Å². The third-order valence-corrected chi connectivity index (χ3v) is 2.56. The molecular weight excluding hydrogens is 230 g/mol. The highest BCUT2D eigenvalue weighted by molar-refractivity contribution is 5.30. The van der Waals surface area contributed by atoms with Gasteiger partial charge in [-0.15, -0.1) is 0 Å². The van der Waals surface area contributed by atoms with Crippen LogP contribution in [0.3, 0.4) is 0 Å². The van der Waals surface area contributed by atoms with E-state index in [1.807, 2.05) is 13.1 Å². The molecule has 0 amide bonds. The lowest BCUT2D eigenvalue weighted by molar-refractivity contribution is 0.315. The van der Waals surface area contributed by atoms with Crippen molar-refractivity contribution < 1.29 is 4.74 Å². The molecule has 0 fully saturated rings. The lowest BCUT2D eigenvalue weighted by atomic mass is 10.1. The Balaban J connectivity index is 2.20. The molecule has 0 bridgehead atoms. The number of nitrogens with one attached hydrogen (secondary N) is 2. The summed E-state index contributed by atoms with van der Waals surface area (Å²) in [7, 11) is 1.87. The predicted molar refractivity (Wildman–Crippen MR) is 67.3 cm³/mol. The third kappa shape index (κ3) is 2.84. The molecule has 2 aromatic heterocycles. The van der Waals surface area contributed by atoms with E-state index in [1.165, 1.54) is 0 Å². The maximum absolute atomic E-state index is 5.57. The monoisotopic (exact) mass is 247 g/mol. The van der Waals surface area contributed by atoms with Crippen molar-refractivity contribution in [3.05, 3.63) is 35.9 Å². The van der Waals surface area contributed by atoms with Gasteiger partial charge < -0.3 is 10.1 Å². The molecule has 6 nitrogen and oxygen atoms in total. The van der Waals surface area contributed by atoms with Crippen LogP contribution in [0.25, 0.3) is 0 Å². The van der Waals surface area contributed by atoms with Gasteiger partial charge in [0.25, 0.3) is 0 Å². The Bertz CT molecular complexity index is 471. The molecule has 96 valence electrons. The molecule has 2 aromatic rings. The normalized spacial score (nSPS) is 12.3. The van der Waals surface area contributed by atoms with Gasteiger partial charge in [-0.2, -0.15) is 15.4 Å². The number of hydrogen-bond acceptors (Lipinski definition) is 5. The molecule has 0 aromatic carbocycles. The van der Waals surface area contributed by atoms with Crippen molar-refractivity contribution >= 4 is 0 Å². The fourth-order valence-electron chi connectivity index (χ4n) is 1.73. The zero-order valence-electron chi connectivity index (χ0n) is 10.6. The van der Waals surface area contributed by atoms with Gasteiger partial charge in [0.15, 0.2) is 0 Å². The van der Waals surface area contributed by atoms with Gasteiger partial charge in [0.2, 0.25) is 0 Å². The number of hydrogen-bond donors (Lipinski definition) is 2. The topological polar surface area (TPSA) is 75.7 Å². The standard InChI is InChI=1S/C12H17N5O/c1-3-4-18-10-5-9(6-14-7-10)12(13-2)11-8-15-17-16-11/h5-8,12-13H,3-4H2,1-2H3,(H,15,16,17). The molecule has 2 N–H and O–H groups in total. The predicted octanol–water partition coefficient (Wildman–Crippen LogP) is 1.30. The molecule has 0 saturated carbocycles. The van der Waals surface area contributed by atoms with Crippen LogP contribution in [0.2, 0.25) is 0 Å². The van der Waals surface area contributed by atoms with Gasteiger partial charge in [-0.1, -0.05) is 6.92 Å². The van der Waals surface area contributed by atoms with E-state index in [0.717, 1.165) is 23.4 Å². The Morgan fingerprint density at radius 3 is 2.94 bits per heavy atom. The Kier molecular flexibility index (Phi) is 4.25. The smallest absolute Gasteiger partial charge is 0.137 e. The number of ether oxygens (including phenoxy) is 1. The molecule has 0 radical (unpaired) electrons. The van der Waals surface area contributed by atoms with Gasteiger partial charge in [0.1, 0.15) is 11.4 Å². The van der Waals surface area contributed by atoms with Crippen LogP contribution >= 0.6 is 0 Å². The van der Waals surface area contributed by atoms with Crippen molar-refractivity contribution in [2.45, 2.75) is 19.4 Å². The minimum atomic E-state index is -0.0403. The van der Waals surface area contributed by atoms with Gasteiger partial charge >= 0.3 is 0 Å². The zero-order valence-corrected chi connectivity index (χ0v) is 10.6. The molecule has 2 rings (SSSR count). The van der Waals surface area contributed by atoms with E-state index in [-0.39, 0.29) is 6.04 Å². The first-order valence-corrected chi connectivity index (χ1v) is 5.95. The first-order chi connectivity index (χ1) is 8.85. The average molecular weight is 247 g/mol. The van der Waals surface area contributed by atoms with Gasteiger partial charge in [-0.25, -0.2) is 0 Å². The summed E-state index contributed by atoms with van der Waals surface area (Å²) in [5.41, 5.74) is 1.83. The minimum Gasteiger partial charge on any atom is -0.492 e. The summed E-state index contributed by atoms with van der Waals surface area (Å²) in [6.07, 6.45) is 6.19. The van der Waals surface area contributed by atoms with Crippen LogP contribution in [0, 0.1) is 0 Å². The first kappa shape index (κ1) is 12.5. The zero-order chi connectivity index (χ0) is 12.8. The number of nitrogens with zero attached hydrogens (tertiary/aromatic N) is 3. The number of rotatable bonds is 6. The Morgan fingerprint density at radius 2 is 2.28 bits per heavy atom. The molecule has 0 aliphatic carbocycles. The molecule has 2 heterocycles. The highest BCUT2D eigenvalue weighted by Crippen LogP contribution is 2.22. The van der Waals surface area contributed by atoms with Crippen LogP contribution in [0.15, 0.2) is 24.7 Å².